The lowest BCUT2D eigenvalue weighted by Crippen LogP contribution is -2.54. The van der Waals surface area contributed by atoms with Crippen LogP contribution in [0.5, 0.6) is 0 Å². The smallest absolute Gasteiger partial charge is 0.225 e. The number of carbonyl (C=O) groups is 3. The maximum Gasteiger partial charge on any atom is 0.225 e. The molecular formula is C35H61N5O4. The number of piperidine rings is 2. The zero-order chi connectivity index (χ0) is 31.2. The molecule has 5 rings (SSSR count). The fraction of sp³-hybridized carbons (Fsp3) is 0.914. The Hall–Kier alpha value is -1.71. The van der Waals surface area contributed by atoms with E-state index in [4.69, 9.17) is 4.74 Å². The van der Waals surface area contributed by atoms with Gasteiger partial charge in [0.25, 0.3) is 0 Å². The lowest BCUT2D eigenvalue weighted by molar-refractivity contribution is -0.133. The molecule has 5 fully saturated rings. The maximum atomic E-state index is 13.8. The van der Waals surface area contributed by atoms with Gasteiger partial charge in [0.1, 0.15) is 0 Å². The molecule has 3 saturated heterocycles. The number of amides is 3. The fourth-order valence-corrected chi connectivity index (χ4v) is 9.56. The van der Waals surface area contributed by atoms with Gasteiger partial charge in [-0.1, -0.05) is 13.8 Å². The Bertz CT molecular complexity index is 957. The first-order valence-corrected chi connectivity index (χ1v) is 18.1. The zero-order valence-electron chi connectivity index (χ0n) is 28.1. The Kier molecular flexibility index (Phi) is 12.0. The highest BCUT2D eigenvalue weighted by molar-refractivity contribution is 5.82. The summed E-state index contributed by atoms with van der Waals surface area (Å²) in [5.41, 5.74) is 0. The van der Waals surface area contributed by atoms with Crippen LogP contribution in [-0.2, 0) is 19.1 Å². The number of hydrogen-bond donors (Lipinski definition) is 2. The Balaban J connectivity index is 1.23. The molecule has 3 heterocycles. The van der Waals surface area contributed by atoms with E-state index in [1.807, 2.05) is 4.90 Å². The van der Waals surface area contributed by atoms with Crippen LogP contribution in [0, 0.1) is 35.5 Å². The van der Waals surface area contributed by atoms with E-state index < -0.39 is 0 Å². The van der Waals surface area contributed by atoms with E-state index in [1.165, 1.54) is 38.6 Å². The number of nitrogens with zero attached hydrogens (tertiary/aromatic N) is 3. The minimum atomic E-state index is -0.148. The molecule has 250 valence electrons. The molecule has 0 aromatic heterocycles. The fourth-order valence-electron chi connectivity index (χ4n) is 9.56. The monoisotopic (exact) mass is 615 g/mol. The molecule has 44 heavy (non-hydrogen) atoms. The molecule has 9 heteroatoms. The van der Waals surface area contributed by atoms with Crippen LogP contribution in [0.15, 0.2) is 0 Å². The van der Waals surface area contributed by atoms with E-state index in [0.717, 1.165) is 84.0 Å². The predicted molar refractivity (Wildman–Crippen MR) is 173 cm³/mol. The molecule has 2 aliphatic carbocycles. The summed E-state index contributed by atoms with van der Waals surface area (Å²) in [4.78, 5) is 45.8. The number of carbonyl (C=O) groups excluding carboxylic acids is 3. The topological polar surface area (TPSA) is 94.2 Å². The Morgan fingerprint density at radius 1 is 0.909 bits per heavy atom. The van der Waals surface area contributed by atoms with Crippen molar-refractivity contribution in [2.45, 2.75) is 110 Å². The van der Waals surface area contributed by atoms with Gasteiger partial charge in [0.15, 0.2) is 0 Å². The van der Waals surface area contributed by atoms with Gasteiger partial charge in [-0.3, -0.25) is 24.2 Å². The first-order chi connectivity index (χ1) is 21.2. The van der Waals surface area contributed by atoms with Gasteiger partial charge >= 0.3 is 0 Å². The molecule has 2 saturated carbocycles. The Morgan fingerprint density at radius 2 is 1.61 bits per heavy atom. The number of nitrogens with one attached hydrogen (secondary N) is 2. The average Bonchev–Trinajstić information content (AvgIpc) is 3.02. The molecule has 0 radical (unpaired) electrons. The van der Waals surface area contributed by atoms with Gasteiger partial charge < -0.3 is 20.3 Å². The highest BCUT2D eigenvalue weighted by atomic mass is 16.5. The van der Waals surface area contributed by atoms with Crippen LogP contribution < -0.4 is 10.6 Å². The molecule has 0 bridgehead atoms. The number of morpholine rings is 1. The standard InChI is InChI=1S/C35H61N5O4/c1-5-40(31-10-12-39(13-11-31)26(4)41)32-20-29(28-8-6-27(7-9-28)23-38-14-16-44-17-15-38)19-30(21-32)34(42)36-22-33-24(2)18-25(3)37-35(33)43/h24-25,27-33H,5-23H2,1-4H3,(H,36,42)(H,37,43). The van der Waals surface area contributed by atoms with Crippen LogP contribution in [-0.4, -0.2) is 110 Å². The summed E-state index contributed by atoms with van der Waals surface area (Å²) in [5.74, 6) is 2.59. The van der Waals surface area contributed by atoms with Crippen molar-refractivity contribution < 1.29 is 19.1 Å². The van der Waals surface area contributed by atoms with E-state index in [2.05, 4.69) is 41.2 Å². The Labute approximate surface area is 266 Å². The summed E-state index contributed by atoms with van der Waals surface area (Å²) >= 11 is 0. The third-order valence-corrected chi connectivity index (χ3v) is 12.1. The van der Waals surface area contributed by atoms with Crippen molar-refractivity contribution in [3.63, 3.8) is 0 Å². The molecule has 0 aromatic carbocycles. The molecule has 0 spiro atoms. The van der Waals surface area contributed by atoms with Crippen LogP contribution in [0.25, 0.3) is 0 Å². The van der Waals surface area contributed by atoms with Crippen molar-refractivity contribution in [2.75, 3.05) is 59.0 Å². The first kappa shape index (κ1) is 33.6. The van der Waals surface area contributed by atoms with E-state index in [0.29, 0.717) is 30.5 Å². The minimum Gasteiger partial charge on any atom is -0.379 e. The van der Waals surface area contributed by atoms with Gasteiger partial charge in [-0.15, -0.1) is 0 Å². The predicted octanol–water partition coefficient (Wildman–Crippen LogP) is 3.52. The Morgan fingerprint density at radius 3 is 2.25 bits per heavy atom. The van der Waals surface area contributed by atoms with E-state index in [9.17, 15) is 14.4 Å². The molecule has 5 aliphatic rings. The van der Waals surface area contributed by atoms with Gasteiger partial charge in [-0.25, -0.2) is 0 Å². The van der Waals surface area contributed by atoms with Gasteiger partial charge in [0.2, 0.25) is 17.7 Å². The van der Waals surface area contributed by atoms with E-state index in [-0.39, 0.29) is 41.5 Å². The summed E-state index contributed by atoms with van der Waals surface area (Å²) in [7, 11) is 0. The van der Waals surface area contributed by atoms with E-state index >= 15 is 0 Å². The van der Waals surface area contributed by atoms with Gasteiger partial charge in [0.05, 0.1) is 19.1 Å². The van der Waals surface area contributed by atoms with Crippen LogP contribution in [0.2, 0.25) is 0 Å². The summed E-state index contributed by atoms with van der Waals surface area (Å²) in [6.07, 6.45) is 11.2. The zero-order valence-corrected chi connectivity index (χ0v) is 28.1. The molecule has 2 N–H and O–H groups in total. The second-order valence-corrected chi connectivity index (χ2v) is 15.1. The molecule has 0 aromatic rings. The molecule has 3 amide bonds. The number of rotatable bonds is 9. The van der Waals surface area contributed by atoms with Crippen LogP contribution >= 0.6 is 0 Å². The number of hydrogen-bond acceptors (Lipinski definition) is 6. The van der Waals surface area contributed by atoms with Crippen molar-refractivity contribution >= 4 is 17.7 Å². The summed E-state index contributed by atoms with van der Waals surface area (Å²) < 4.78 is 5.56. The van der Waals surface area contributed by atoms with Crippen molar-refractivity contribution in [3.05, 3.63) is 0 Å². The van der Waals surface area contributed by atoms with Gasteiger partial charge in [-0.2, -0.15) is 0 Å². The third kappa shape index (κ3) is 8.55. The summed E-state index contributed by atoms with van der Waals surface area (Å²) in [5, 5.41) is 6.36. The van der Waals surface area contributed by atoms with Gasteiger partial charge in [0, 0.05) is 70.2 Å². The lowest BCUT2D eigenvalue weighted by atomic mass is 9.66. The third-order valence-electron chi connectivity index (χ3n) is 12.1. The highest BCUT2D eigenvalue weighted by Gasteiger charge is 2.42. The van der Waals surface area contributed by atoms with Crippen molar-refractivity contribution in [3.8, 4) is 0 Å². The molecule has 9 nitrogen and oxygen atoms in total. The molecule has 6 unspecified atom stereocenters. The van der Waals surface area contributed by atoms with Crippen LogP contribution in [0.1, 0.15) is 91.9 Å². The second kappa shape index (κ2) is 15.7. The summed E-state index contributed by atoms with van der Waals surface area (Å²) in [6.45, 7) is 16.4. The van der Waals surface area contributed by atoms with Crippen molar-refractivity contribution in [1.82, 2.24) is 25.3 Å². The SMILES string of the molecule is CCN(C1CCN(C(C)=O)CC1)C1CC(C(=O)NCC2C(=O)NC(C)CC2C)CC(C2CCC(CN3CCOCC3)CC2)C1. The van der Waals surface area contributed by atoms with Crippen LogP contribution in [0.3, 0.4) is 0 Å². The second-order valence-electron chi connectivity index (χ2n) is 15.1. The van der Waals surface area contributed by atoms with E-state index in [1.54, 1.807) is 6.92 Å². The van der Waals surface area contributed by atoms with Crippen molar-refractivity contribution in [2.24, 2.45) is 35.5 Å². The summed E-state index contributed by atoms with van der Waals surface area (Å²) in [6, 6.07) is 1.07. The van der Waals surface area contributed by atoms with Crippen molar-refractivity contribution in [1.29, 1.82) is 0 Å². The maximum absolute atomic E-state index is 13.8. The van der Waals surface area contributed by atoms with Crippen LogP contribution in [0.4, 0.5) is 0 Å². The lowest BCUT2D eigenvalue weighted by Gasteiger charge is -2.48. The highest BCUT2D eigenvalue weighted by Crippen LogP contribution is 2.44. The molecule has 6 atom stereocenters. The number of likely N-dealkylation sites (tertiary alicyclic amines) is 1. The molecule has 3 aliphatic heterocycles. The quantitative estimate of drug-likeness (QED) is 0.413. The number of ether oxygens (including phenoxy) is 1. The van der Waals surface area contributed by atoms with Gasteiger partial charge in [-0.05, 0) is 101 Å². The minimum absolute atomic E-state index is 0.00272. The normalized spacial score (nSPS) is 36.2. The largest absolute Gasteiger partial charge is 0.379 e. The first-order valence-electron chi connectivity index (χ1n) is 18.1. The molecular weight excluding hydrogens is 554 g/mol. The average molecular weight is 616 g/mol.